The van der Waals surface area contributed by atoms with Crippen LogP contribution < -0.4 is 5.56 Å². The van der Waals surface area contributed by atoms with Gasteiger partial charge in [0.05, 0.1) is 12.0 Å². The molecular formula is C20H28N2O2S2. The quantitative estimate of drug-likeness (QED) is 0.395. The van der Waals surface area contributed by atoms with E-state index < -0.39 is 0 Å². The van der Waals surface area contributed by atoms with Crippen LogP contribution in [-0.4, -0.2) is 28.5 Å². The van der Waals surface area contributed by atoms with E-state index in [1.807, 2.05) is 6.92 Å². The number of rotatable bonds is 6. The number of ether oxygens (including phenoxy) is 1. The van der Waals surface area contributed by atoms with Crippen LogP contribution >= 0.6 is 23.1 Å². The van der Waals surface area contributed by atoms with Crippen LogP contribution in [-0.2, 0) is 17.6 Å². The van der Waals surface area contributed by atoms with Gasteiger partial charge in [-0.25, -0.2) is 4.98 Å². The van der Waals surface area contributed by atoms with Crippen molar-refractivity contribution in [2.45, 2.75) is 75.9 Å². The van der Waals surface area contributed by atoms with Crippen LogP contribution in [0.5, 0.6) is 0 Å². The molecule has 2 heterocycles. The van der Waals surface area contributed by atoms with Crippen LogP contribution in [0.4, 0.5) is 0 Å². The van der Waals surface area contributed by atoms with Crippen molar-refractivity contribution in [3.63, 3.8) is 0 Å². The molecule has 0 saturated heterocycles. The number of nitrogens with zero attached hydrogens (tertiary/aromatic N) is 2. The Morgan fingerprint density at radius 2 is 2.00 bits per heavy atom. The maximum atomic E-state index is 13.6. The molecule has 6 heteroatoms. The monoisotopic (exact) mass is 392 g/mol. The van der Waals surface area contributed by atoms with Gasteiger partial charge in [-0.1, -0.05) is 31.0 Å². The summed E-state index contributed by atoms with van der Waals surface area (Å²) in [5.74, 6) is 0.851. The fourth-order valence-corrected chi connectivity index (χ4v) is 6.52. The van der Waals surface area contributed by atoms with Gasteiger partial charge in [0.15, 0.2) is 5.16 Å². The Bertz CT molecular complexity index is 821. The Balaban J connectivity index is 1.77. The first-order valence-electron chi connectivity index (χ1n) is 10.1. The summed E-state index contributed by atoms with van der Waals surface area (Å²) in [6.45, 7) is 3.46. The molecule has 0 unspecified atom stereocenters. The summed E-state index contributed by atoms with van der Waals surface area (Å²) in [6.07, 6.45) is 10.6. The molecule has 1 saturated carbocycles. The lowest BCUT2D eigenvalue weighted by Gasteiger charge is -2.26. The minimum Gasteiger partial charge on any atom is -0.381 e. The average molecular weight is 393 g/mol. The summed E-state index contributed by atoms with van der Waals surface area (Å²) in [5.41, 5.74) is 1.53. The Labute approximate surface area is 163 Å². The Morgan fingerprint density at radius 3 is 2.81 bits per heavy atom. The van der Waals surface area contributed by atoms with Crippen LogP contribution in [0.15, 0.2) is 9.95 Å². The largest absolute Gasteiger partial charge is 0.381 e. The van der Waals surface area contributed by atoms with E-state index in [0.29, 0.717) is 12.6 Å². The van der Waals surface area contributed by atoms with Crippen molar-refractivity contribution < 1.29 is 4.74 Å². The van der Waals surface area contributed by atoms with Gasteiger partial charge in [0.25, 0.3) is 5.56 Å². The third-order valence-electron chi connectivity index (χ3n) is 5.59. The lowest BCUT2D eigenvalue weighted by Crippen LogP contribution is -2.29. The Hall–Kier alpha value is -0.850. The van der Waals surface area contributed by atoms with E-state index in [1.54, 1.807) is 23.1 Å². The smallest absolute Gasteiger partial charge is 0.263 e. The van der Waals surface area contributed by atoms with Crippen LogP contribution in [0.3, 0.4) is 0 Å². The third kappa shape index (κ3) is 3.60. The maximum Gasteiger partial charge on any atom is 0.263 e. The van der Waals surface area contributed by atoms with Crippen molar-refractivity contribution in [1.82, 2.24) is 9.55 Å². The van der Waals surface area contributed by atoms with E-state index in [4.69, 9.17) is 9.72 Å². The molecule has 142 valence electrons. The maximum absolute atomic E-state index is 13.6. The molecule has 0 aromatic carbocycles. The van der Waals surface area contributed by atoms with Crippen molar-refractivity contribution in [2.75, 3.05) is 19.0 Å². The van der Waals surface area contributed by atoms with E-state index in [-0.39, 0.29) is 5.56 Å². The molecule has 2 aromatic heterocycles. The van der Waals surface area contributed by atoms with Crippen LogP contribution in [0.2, 0.25) is 0 Å². The molecule has 0 aliphatic heterocycles. The highest BCUT2D eigenvalue weighted by atomic mass is 32.2. The zero-order valence-corrected chi connectivity index (χ0v) is 17.2. The number of thiophene rings is 1. The van der Waals surface area contributed by atoms with Crippen LogP contribution in [0.1, 0.15) is 68.4 Å². The highest BCUT2D eigenvalue weighted by Gasteiger charge is 2.26. The normalized spacial score (nSPS) is 18.3. The number of aromatic nitrogens is 2. The van der Waals surface area contributed by atoms with Crippen molar-refractivity contribution in [3.8, 4) is 0 Å². The van der Waals surface area contributed by atoms with Crippen molar-refractivity contribution in [2.24, 2.45) is 0 Å². The molecule has 0 spiro atoms. The second-order valence-electron chi connectivity index (χ2n) is 7.30. The number of hydrogen-bond acceptors (Lipinski definition) is 5. The van der Waals surface area contributed by atoms with E-state index in [9.17, 15) is 4.79 Å². The lowest BCUT2D eigenvalue weighted by atomic mass is 9.94. The number of hydrogen-bond donors (Lipinski definition) is 0. The molecule has 0 amide bonds. The fraction of sp³-hybridized carbons (Fsp3) is 0.700. The summed E-state index contributed by atoms with van der Waals surface area (Å²) in [5, 5.41) is 1.84. The van der Waals surface area contributed by atoms with E-state index in [2.05, 4.69) is 4.57 Å². The first-order chi connectivity index (χ1) is 12.8. The molecule has 26 heavy (non-hydrogen) atoms. The molecule has 0 atom stereocenters. The highest BCUT2D eigenvalue weighted by Crippen LogP contribution is 2.36. The summed E-state index contributed by atoms with van der Waals surface area (Å²) in [6, 6.07) is 0.321. The molecule has 2 aliphatic rings. The van der Waals surface area contributed by atoms with Gasteiger partial charge in [0, 0.05) is 23.3 Å². The van der Waals surface area contributed by atoms with E-state index in [1.165, 1.54) is 42.5 Å². The summed E-state index contributed by atoms with van der Waals surface area (Å²) in [7, 11) is 0. The minimum absolute atomic E-state index is 0.222. The first kappa shape index (κ1) is 18.5. The molecule has 2 aliphatic carbocycles. The molecule has 0 N–H and O–H groups in total. The van der Waals surface area contributed by atoms with Gasteiger partial charge in [-0.2, -0.15) is 0 Å². The van der Waals surface area contributed by atoms with Crippen molar-refractivity contribution in [1.29, 1.82) is 0 Å². The van der Waals surface area contributed by atoms with Crippen LogP contribution in [0, 0.1) is 0 Å². The van der Waals surface area contributed by atoms with Crippen molar-refractivity contribution in [3.05, 3.63) is 20.8 Å². The lowest BCUT2D eigenvalue weighted by molar-refractivity contribution is 0.164. The highest BCUT2D eigenvalue weighted by molar-refractivity contribution is 7.99. The number of fused-ring (bicyclic) bond motifs is 3. The van der Waals surface area contributed by atoms with Gasteiger partial charge in [0.2, 0.25) is 0 Å². The predicted octanol–water partition coefficient (Wildman–Crippen LogP) is 4.97. The SMILES string of the molecule is CCOCCSc1nc2sc3c(c2c(=O)n1C1CCCCC1)CCCC3. The second kappa shape index (κ2) is 8.44. The molecule has 0 bridgehead atoms. The first-order valence-corrected chi connectivity index (χ1v) is 11.9. The summed E-state index contributed by atoms with van der Waals surface area (Å²) >= 11 is 3.45. The molecular weight excluding hydrogens is 364 g/mol. The van der Waals surface area contributed by atoms with Gasteiger partial charge in [0.1, 0.15) is 4.83 Å². The van der Waals surface area contributed by atoms with E-state index >= 15 is 0 Å². The van der Waals surface area contributed by atoms with Crippen LogP contribution in [0.25, 0.3) is 10.2 Å². The zero-order valence-electron chi connectivity index (χ0n) is 15.6. The predicted molar refractivity (Wildman–Crippen MR) is 110 cm³/mol. The zero-order chi connectivity index (χ0) is 17.9. The molecule has 4 rings (SSSR count). The molecule has 2 aromatic rings. The molecule has 4 nitrogen and oxygen atoms in total. The van der Waals surface area contributed by atoms with Gasteiger partial charge < -0.3 is 4.74 Å². The number of aryl methyl sites for hydroxylation is 2. The number of thioether (sulfide) groups is 1. The van der Waals surface area contributed by atoms with Gasteiger partial charge in [-0.05, 0) is 51.0 Å². The third-order valence-corrected chi connectivity index (χ3v) is 7.69. The van der Waals surface area contributed by atoms with Gasteiger partial charge >= 0.3 is 0 Å². The second-order valence-corrected chi connectivity index (χ2v) is 9.44. The van der Waals surface area contributed by atoms with Gasteiger partial charge in [-0.15, -0.1) is 11.3 Å². The minimum atomic E-state index is 0.222. The standard InChI is InChI=1S/C20H28N2O2S2/c1-2-24-12-13-25-20-21-18-17(15-10-6-7-11-16(15)26-18)19(23)22(20)14-8-4-3-5-9-14/h14H,2-13H2,1H3. The molecule has 1 fully saturated rings. The Kier molecular flexibility index (Phi) is 6.01. The van der Waals surface area contributed by atoms with E-state index in [0.717, 1.165) is 53.4 Å². The van der Waals surface area contributed by atoms with Gasteiger partial charge in [-0.3, -0.25) is 9.36 Å². The average Bonchev–Trinajstić information content (AvgIpc) is 3.04. The Morgan fingerprint density at radius 1 is 1.19 bits per heavy atom. The summed E-state index contributed by atoms with van der Waals surface area (Å²) in [4.78, 5) is 20.9. The summed E-state index contributed by atoms with van der Waals surface area (Å²) < 4.78 is 7.55. The topological polar surface area (TPSA) is 44.1 Å². The fourth-order valence-electron chi connectivity index (χ4n) is 4.30. The molecule has 0 radical (unpaired) electrons. The van der Waals surface area contributed by atoms with Crippen molar-refractivity contribution >= 4 is 33.3 Å².